The number of hydrogen-bond acceptors (Lipinski definition) is 4. The summed E-state index contributed by atoms with van der Waals surface area (Å²) in [4.78, 5) is 11.8. The Morgan fingerprint density at radius 2 is 2.42 bits per heavy atom. The predicted molar refractivity (Wildman–Crippen MR) is 72.8 cm³/mol. The largest absolute Gasteiger partial charge is 0.388 e. The molecular formula is C14H26N2O3. The van der Waals surface area contributed by atoms with E-state index in [4.69, 9.17) is 4.74 Å². The van der Waals surface area contributed by atoms with Crippen molar-refractivity contribution in [2.75, 3.05) is 26.2 Å². The molecule has 0 radical (unpaired) electrons. The first-order valence-electron chi connectivity index (χ1n) is 7.39. The number of hydrogen-bond donors (Lipinski definition) is 3. The number of morpholine rings is 1. The van der Waals surface area contributed by atoms with Gasteiger partial charge in [0, 0.05) is 19.6 Å². The number of aliphatic hydroxyl groups is 1. The molecule has 5 nitrogen and oxygen atoms in total. The van der Waals surface area contributed by atoms with Gasteiger partial charge in [-0.3, -0.25) is 4.79 Å². The number of nitrogens with one attached hydrogen (secondary N) is 2. The molecular weight excluding hydrogens is 244 g/mol. The van der Waals surface area contributed by atoms with Crippen molar-refractivity contribution in [1.29, 1.82) is 0 Å². The van der Waals surface area contributed by atoms with E-state index < -0.39 is 5.60 Å². The molecule has 3 N–H and O–H groups in total. The number of carbonyl (C=O) groups is 1. The van der Waals surface area contributed by atoms with Crippen LogP contribution in [0.3, 0.4) is 0 Å². The van der Waals surface area contributed by atoms with Gasteiger partial charge in [0.2, 0.25) is 5.91 Å². The Morgan fingerprint density at radius 1 is 1.58 bits per heavy atom. The molecule has 1 aliphatic heterocycles. The first-order chi connectivity index (χ1) is 9.07. The lowest BCUT2D eigenvalue weighted by molar-refractivity contribution is -0.126. The Labute approximate surface area is 115 Å². The maximum Gasteiger partial charge on any atom is 0.222 e. The minimum Gasteiger partial charge on any atom is -0.388 e. The normalized spacial score (nSPS) is 35.9. The number of carbonyl (C=O) groups excluding carboxylic acids is 1. The molecule has 2 aliphatic rings. The Balaban J connectivity index is 1.70. The maximum atomic E-state index is 11.8. The van der Waals surface area contributed by atoms with Crippen molar-refractivity contribution >= 4 is 5.91 Å². The zero-order valence-corrected chi connectivity index (χ0v) is 11.8. The van der Waals surface area contributed by atoms with Crippen molar-refractivity contribution in [3.63, 3.8) is 0 Å². The smallest absolute Gasteiger partial charge is 0.222 e. The standard InChI is InChI=1S/C14H26N2O3/c1-11-3-2-4-14(18,8-11)10-16-13(17)7-12-9-15-5-6-19-12/h11-12,15,18H,2-10H2,1H3,(H,16,17). The summed E-state index contributed by atoms with van der Waals surface area (Å²) in [5, 5.41) is 16.5. The molecule has 1 heterocycles. The van der Waals surface area contributed by atoms with Crippen LogP contribution in [0.15, 0.2) is 0 Å². The van der Waals surface area contributed by atoms with Crippen molar-refractivity contribution in [3.8, 4) is 0 Å². The van der Waals surface area contributed by atoms with Crippen molar-refractivity contribution in [2.45, 2.75) is 50.7 Å². The summed E-state index contributed by atoms with van der Waals surface area (Å²) >= 11 is 0. The molecule has 3 unspecified atom stereocenters. The van der Waals surface area contributed by atoms with Crippen molar-refractivity contribution in [1.82, 2.24) is 10.6 Å². The van der Waals surface area contributed by atoms with Crippen LogP contribution in [0.1, 0.15) is 39.0 Å². The highest BCUT2D eigenvalue weighted by atomic mass is 16.5. The lowest BCUT2D eigenvalue weighted by Gasteiger charge is -2.35. The van der Waals surface area contributed by atoms with E-state index in [0.29, 0.717) is 25.5 Å². The van der Waals surface area contributed by atoms with E-state index in [1.807, 2.05) is 0 Å². The minimum atomic E-state index is -0.709. The summed E-state index contributed by atoms with van der Waals surface area (Å²) < 4.78 is 5.50. The van der Waals surface area contributed by atoms with Crippen LogP contribution in [0.5, 0.6) is 0 Å². The van der Waals surface area contributed by atoms with Gasteiger partial charge in [-0.05, 0) is 18.8 Å². The quantitative estimate of drug-likeness (QED) is 0.692. The number of amides is 1. The highest BCUT2D eigenvalue weighted by Crippen LogP contribution is 2.31. The molecule has 0 bridgehead atoms. The summed E-state index contributed by atoms with van der Waals surface area (Å²) in [7, 11) is 0. The maximum absolute atomic E-state index is 11.8. The molecule has 2 fully saturated rings. The summed E-state index contributed by atoms with van der Waals surface area (Å²) in [6.45, 7) is 4.79. The van der Waals surface area contributed by atoms with Gasteiger partial charge in [-0.2, -0.15) is 0 Å². The second-order valence-corrected chi connectivity index (χ2v) is 6.10. The Morgan fingerprint density at radius 3 is 3.11 bits per heavy atom. The number of ether oxygens (including phenoxy) is 1. The van der Waals surface area contributed by atoms with Crippen LogP contribution in [-0.2, 0) is 9.53 Å². The molecule has 2 rings (SSSR count). The second-order valence-electron chi connectivity index (χ2n) is 6.10. The third-order valence-corrected chi connectivity index (χ3v) is 4.10. The molecule has 3 atom stereocenters. The van der Waals surface area contributed by atoms with Gasteiger partial charge in [0.25, 0.3) is 0 Å². The fourth-order valence-electron chi connectivity index (χ4n) is 3.09. The highest BCUT2D eigenvalue weighted by Gasteiger charge is 2.33. The lowest BCUT2D eigenvalue weighted by Crippen LogP contribution is -2.47. The molecule has 5 heteroatoms. The SMILES string of the molecule is CC1CCCC(O)(CNC(=O)CC2CNCCO2)C1. The summed E-state index contributed by atoms with van der Waals surface area (Å²) in [6.07, 6.45) is 4.14. The van der Waals surface area contributed by atoms with Crippen LogP contribution in [-0.4, -0.2) is 49.0 Å². The molecule has 0 aromatic heterocycles. The first-order valence-corrected chi connectivity index (χ1v) is 7.39. The first kappa shape index (κ1) is 14.8. The van der Waals surface area contributed by atoms with E-state index in [1.165, 1.54) is 6.42 Å². The topological polar surface area (TPSA) is 70.6 Å². The summed E-state index contributed by atoms with van der Waals surface area (Å²) in [6, 6.07) is 0. The molecule has 1 amide bonds. The Hall–Kier alpha value is -0.650. The zero-order valence-electron chi connectivity index (χ0n) is 11.8. The van der Waals surface area contributed by atoms with Crippen LogP contribution < -0.4 is 10.6 Å². The van der Waals surface area contributed by atoms with E-state index in [-0.39, 0.29) is 12.0 Å². The van der Waals surface area contributed by atoms with Crippen molar-refractivity contribution < 1.29 is 14.6 Å². The molecule has 1 saturated carbocycles. The molecule has 110 valence electrons. The molecule has 0 aromatic rings. The van der Waals surface area contributed by atoms with Crippen LogP contribution >= 0.6 is 0 Å². The van der Waals surface area contributed by atoms with Crippen LogP contribution in [0.2, 0.25) is 0 Å². The third-order valence-electron chi connectivity index (χ3n) is 4.10. The van der Waals surface area contributed by atoms with Gasteiger partial charge in [-0.25, -0.2) is 0 Å². The fraction of sp³-hybridized carbons (Fsp3) is 0.929. The van der Waals surface area contributed by atoms with Gasteiger partial charge in [-0.1, -0.05) is 19.8 Å². The van der Waals surface area contributed by atoms with Gasteiger partial charge in [0.05, 0.1) is 24.7 Å². The molecule has 1 saturated heterocycles. The third kappa shape index (κ3) is 4.75. The Kier molecular flexibility index (Phi) is 5.19. The fourth-order valence-corrected chi connectivity index (χ4v) is 3.09. The van der Waals surface area contributed by atoms with Crippen LogP contribution in [0, 0.1) is 5.92 Å². The molecule has 19 heavy (non-hydrogen) atoms. The monoisotopic (exact) mass is 270 g/mol. The Bertz CT molecular complexity index is 305. The molecule has 1 aliphatic carbocycles. The average molecular weight is 270 g/mol. The molecule has 0 spiro atoms. The van der Waals surface area contributed by atoms with Gasteiger partial charge in [-0.15, -0.1) is 0 Å². The predicted octanol–water partition coefficient (Wildman–Crippen LogP) is 0.422. The van der Waals surface area contributed by atoms with Gasteiger partial charge >= 0.3 is 0 Å². The van der Waals surface area contributed by atoms with E-state index in [1.54, 1.807) is 0 Å². The van der Waals surface area contributed by atoms with E-state index in [0.717, 1.165) is 32.4 Å². The van der Waals surface area contributed by atoms with Gasteiger partial charge in [0.1, 0.15) is 0 Å². The van der Waals surface area contributed by atoms with Crippen molar-refractivity contribution in [2.24, 2.45) is 5.92 Å². The van der Waals surface area contributed by atoms with Crippen LogP contribution in [0.4, 0.5) is 0 Å². The summed E-state index contributed by atoms with van der Waals surface area (Å²) in [5.74, 6) is 0.516. The van der Waals surface area contributed by atoms with Crippen LogP contribution in [0.25, 0.3) is 0 Å². The zero-order chi connectivity index (χ0) is 13.7. The average Bonchev–Trinajstić information content (AvgIpc) is 2.38. The lowest BCUT2D eigenvalue weighted by atomic mass is 9.79. The van der Waals surface area contributed by atoms with E-state index >= 15 is 0 Å². The minimum absolute atomic E-state index is 0.0275. The molecule has 0 aromatic carbocycles. The second kappa shape index (κ2) is 6.68. The van der Waals surface area contributed by atoms with E-state index in [2.05, 4.69) is 17.6 Å². The van der Waals surface area contributed by atoms with Gasteiger partial charge in [0.15, 0.2) is 0 Å². The number of rotatable bonds is 4. The summed E-state index contributed by atoms with van der Waals surface area (Å²) in [5.41, 5.74) is -0.709. The highest BCUT2D eigenvalue weighted by molar-refractivity contribution is 5.76. The van der Waals surface area contributed by atoms with Gasteiger partial charge < -0.3 is 20.5 Å². The van der Waals surface area contributed by atoms with E-state index in [9.17, 15) is 9.90 Å². The van der Waals surface area contributed by atoms with Crippen molar-refractivity contribution in [3.05, 3.63) is 0 Å².